The quantitative estimate of drug-likeness (QED) is 0.824. The van der Waals surface area contributed by atoms with Crippen LogP contribution in [0.2, 0.25) is 0 Å². The van der Waals surface area contributed by atoms with E-state index in [2.05, 4.69) is 10.6 Å². The van der Waals surface area contributed by atoms with Gasteiger partial charge in [-0.3, -0.25) is 9.59 Å². The van der Waals surface area contributed by atoms with Crippen molar-refractivity contribution in [3.63, 3.8) is 0 Å². The summed E-state index contributed by atoms with van der Waals surface area (Å²) in [5.74, 6) is -0.585. The molecule has 1 aromatic carbocycles. The second-order valence-corrected chi connectivity index (χ2v) is 6.91. The summed E-state index contributed by atoms with van der Waals surface area (Å²) in [5.41, 5.74) is 1.13. The second-order valence-electron chi connectivity index (χ2n) is 6.91. The number of rotatable bonds is 6. The summed E-state index contributed by atoms with van der Waals surface area (Å²) in [6.45, 7) is 7.06. The smallest absolute Gasteiger partial charge is 0.229 e. The Balaban J connectivity index is 2.05. The molecule has 2 N–H and O–H groups in total. The lowest BCUT2D eigenvalue weighted by atomic mass is 9.96. The number of halogens is 1. The maximum Gasteiger partial charge on any atom is 0.229 e. The molecular formula is C19H28FN3O2. The Kier molecular flexibility index (Phi) is 6.79. The minimum absolute atomic E-state index is 0.115. The summed E-state index contributed by atoms with van der Waals surface area (Å²) in [6.07, 6.45) is 2.92. The van der Waals surface area contributed by atoms with Gasteiger partial charge >= 0.3 is 0 Å². The van der Waals surface area contributed by atoms with Gasteiger partial charge in [0.2, 0.25) is 11.8 Å². The second kappa shape index (κ2) is 8.83. The van der Waals surface area contributed by atoms with Crippen LogP contribution in [0.1, 0.15) is 46.5 Å². The molecule has 0 radical (unpaired) electrons. The number of carbonyl (C=O) groups is 2. The van der Waals surface area contributed by atoms with Gasteiger partial charge in [0.25, 0.3) is 0 Å². The highest BCUT2D eigenvalue weighted by Crippen LogP contribution is 2.26. The van der Waals surface area contributed by atoms with Gasteiger partial charge in [-0.25, -0.2) is 4.39 Å². The molecule has 5 nitrogen and oxygen atoms in total. The molecule has 0 saturated carbocycles. The van der Waals surface area contributed by atoms with Crippen molar-refractivity contribution >= 4 is 23.2 Å². The summed E-state index contributed by atoms with van der Waals surface area (Å²) in [5, 5.41) is 6.05. The van der Waals surface area contributed by atoms with Crippen molar-refractivity contribution < 1.29 is 14.0 Å². The normalized spacial score (nSPS) is 17.5. The lowest BCUT2D eigenvalue weighted by Gasteiger charge is -2.32. The van der Waals surface area contributed by atoms with Crippen LogP contribution in [0.25, 0.3) is 0 Å². The van der Waals surface area contributed by atoms with Gasteiger partial charge in [0, 0.05) is 25.6 Å². The number of likely N-dealkylation sites (tertiary alicyclic amines) is 1. The van der Waals surface area contributed by atoms with E-state index in [1.807, 2.05) is 20.8 Å². The Labute approximate surface area is 149 Å². The molecule has 2 rings (SSSR count). The molecule has 1 aliphatic heterocycles. The van der Waals surface area contributed by atoms with E-state index in [-0.39, 0.29) is 29.6 Å². The standard InChI is InChI=1S/C19H28FN3O2/c1-4-6-18(24)23-10-5-7-14(12-23)19(25)22-16-9-8-15(20)11-17(16)21-13(2)3/h8-9,11,13-14,21H,4-7,10,12H2,1-3H3,(H,22,25). The number of amides is 2. The van der Waals surface area contributed by atoms with Crippen LogP contribution in [-0.4, -0.2) is 35.8 Å². The first-order chi connectivity index (χ1) is 11.9. The van der Waals surface area contributed by atoms with Gasteiger partial charge in [-0.05, 0) is 51.3 Å². The zero-order valence-electron chi connectivity index (χ0n) is 15.3. The highest BCUT2D eigenvalue weighted by atomic mass is 19.1. The maximum absolute atomic E-state index is 13.5. The topological polar surface area (TPSA) is 61.4 Å². The Morgan fingerprint density at radius 2 is 2.08 bits per heavy atom. The van der Waals surface area contributed by atoms with Gasteiger partial charge in [0.1, 0.15) is 5.82 Å². The molecule has 2 amide bonds. The summed E-state index contributed by atoms with van der Waals surface area (Å²) in [7, 11) is 0. The van der Waals surface area contributed by atoms with Crippen molar-refractivity contribution in [2.24, 2.45) is 5.92 Å². The number of anilines is 2. The lowest BCUT2D eigenvalue weighted by molar-refractivity contribution is -0.134. The monoisotopic (exact) mass is 349 g/mol. The van der Waals surface area contributed by atoms with Gasteiger partial charge in [0.15, 0.2) is 0 Å². The number of piperidine rings is 1. The third-order valence-corrected chi connectivity index (χ3v) is 4.29. The summed E-state index contributed by atoms with van der Waals surface area (Å²) in [6, 6.07) is 4.40. The molecule has 1 unspecified atom stereocenters. The maximum atomic E-state index is 13.5. The third-order valence-electron chi connectivity index (χ3n) is 4.29. The largest absolute Gasteiger partial charge is 0.381 e. The van der Waals surface area contributed by atoms with E-state index in [0.29, 0.717) is 24.3 Å². The minimum atomic E-state index is -0.352. The fourth-order valence-corrected chi connectivity index (χ4v) is 3.08. The average Bonchev–Trinajstić information content (AvgIpc) is 2.57. The summed E-state index contributed by atoms with van der Waals surface area (Å²) in [4.78, 5) is 26.5. The van der Waals surface area contributed by atoms with Gasteiger partial charge in [-0.1, -0.05) is 6.92 Å². The molecule has 138 valence electrons. The first-order valence-electron chi connectivity index (χ1n) is 9.05. The van der Waals surface area contributed by atoms with E-state index in [4.69, 9.17) is 0 Å². The molecule has 1 fully saturated rings. The van der Waals surface area contributed by atoms with Gasteiger partial charge < -0.3 is 15.5 Å². The molecule has 0 aromatic heterocycles. The highest BCUT2D eigenvalue weighted by molar-refractivity contribution is 5.96. The fourth-order valence-electron chi connectivity index (χ4n) is 3.08. The summed E-state index contributed by atoms with van der Waals surface area (Å²) < 4.78 is 13.5. The minimum Gasteiger partial charge on any atom is -0.381 e. The highest BCUT2D eigenvalue weighted by Gasteiger charge is 2.28. The number of benzene rings is 1. The molecule has 1 saturated heterocycles. The number of nitrogens with zero attached hydrogens (tertiary/aromatic N) is 1. The van der Waals surface area contributed by atoms with Crippen LogP contribution in [0.3, 0.4) is 0 Å². The van der Waals surface area contributed by atoms with Crippen LogP contribution in [0.15, 0.2) is 18.2 Å². The first-order valence-corrected chi connectivity index (χ1v) is 9.05. The van der Waals surface area contributed by atoms with Crippen molar-refractivity contribution in [3.05, 3.63) is 24.0 Å². The predicted molar refractivity (Wildman–Crippen MR) is 98.0 cm³/mol. The summed E-state index contributed by atoms with van der Waals surface area (Å²) >= 11 is 0. The number of hydrogen-bond acceptors (Lipinski definition) is 3. The van der Waals surface area contributed by atoms with Gasteiger partial charge in [0.05, 0.1) is 17.3 Å². The van der Waals surface area contributed by atoms with E-state index < -0.39 is 0 Å². The fraction of sp³-hybridized carbons (Fsp3) is 0.579. The molecule has 1 heterocycles. The van der Waals surface area contributed by atoms with E-state index >= 15 is 0 Å². The van der Waals surface area contributed by atoms with E-state index in [1.54, 1.807) is 11.0 Å². The molecule has 0 aliphatic carbocycles. The number of hydrogen-bond donors (Lipinski definition) is 2. The van der Waals surface area contributed by atoms with Crippen LogP contribution in [0.5, 0.6) is 0 Å². The van der Waals surface area contributed by atoms with Crippen molar-refractivity contribution in [1.29, 1.82) is 0 Å². The van der Waals surface area contributed by atoms with Gasteiger partial charge in [-0.15, -0.1) is 0 Å². The van der Waals surface area contributed by atoms with Crippen molar-refractivity contribution in [2.75, 3.05) is 23.7 Å². The molecule has 0 spiro atoms. The average molecular weight is 349 g/mol. The van der Waals surface area contributed by atoms with Crippen LogP contribution in [0, 0.1) is 11.7 Å². The molecule has 1 atom stereocenters. The SMILES string of the molecule is CCCC(=O)N1CCCC(C(=O)Nc2ccc(F)cc2NC(C)C)C1. The Morgan fingerprint density at radius 1 is 1.32 bits per heavy atom. The number of carbonyl (C=O) groups excluding carboxylic acids is 2. The van der Waals surface area contributed by atoms with Crippen LogP contribution in [-0.2, 0) is 9.59 Å². The van der Waals surface area contributed by atoms with Crippen molar-refractivity contribution in [2.45, 2.75) is 52.5 Å². The Morgan fingerprint density at radius 3 is 2.76 bits per heavy atom. The molecule has 1 aliphatic rings. The molecule has 1 aromatic rings. The predicted octanol–water partition coefficient (Wildman–Crippen LogP) is 3.62. The molecule has 6 heteroatoms. The van der Waals surface area contributed by atoms with Crippen LogP contribution < -0.4 is 10.6 Å². The van der Waals surface area contributed by atoms with Crippen LogP contribution in [0.4, 0.5) is 15.8 Å². The molecule has 0 bridgehead atoms. The lowest BCUT2D eigenvalue weighted by Crippen LogP contribution is -2.43. The molecule has 25 heavy (non-hydrogen) atoms. The zero-order valence-corrected chi connectivity index (χ0v) is 15.3. The van der Waals surface area contributed by atoms with Crippen molar-refractivity contribution in [1.82, 2.24) is 4.90 Å². The van der Waals surface area contributed by atoms with Crippen LogP contribution >= 0.6 is 0 Å². The molecular weight excluding hydrogens is 321 g/mol. The third kappa shape index (κ3) is 5.44. The first kappa shape index (κ1) is 19.2. The zero-order chi connectivity index (χ0) is 18.4. The van der Waals surface area contributed by atoms with Gasteiger partial charge in [-0.2, -0.15) is 0 Å². The Bertz CT molecular complexity index is 619. The Hall–Kier alpha value is -2.11. The van der Waals surface area contributed by atoms with E-state index in [0.717, 1.165) is 25.8 Å². The number of nitrogens with one attached hydrogen (secondary N) is 2. The van der Waals surface area contributed by atoms with E-state index in [1.165, 1.54) is 12.1 Å². The van der Waals surface area contributed by atoms with E-state index in [9.17, 15) is 14.0 Å². The van der Waals surface area contributed by atoms with Crippen molar-refractivity contribution in [3.8, 4) is 0 Å².